The van der Waals surface area contributed by atoms with Crippen molar-refractivity contribution in [1.29, 1.82) is 0 Å². The lowest BCUT2D eigenvalue weighted by atomic mass is 10.1. The molecule has 0 aliphatic rings. The molecule has 17 heavy (non-hydrogen) atoms. The molecule has 0 fully saturated rings. The number of ether oxygens (including phenoxy) is 1. The van der Waals surface area contributed by atoms with Crippen molar-refractivity contribution in [1.82, 2.24) is 0 Å². The Bertz CT molecular complexity index is 525. The normalized spacial score (nSPS) is 10.3. The molecule has 0 saturated heterocycles. The van der Waals surface area contributed by atoms with E-state index in [4.69, 9.17) is 4.74 Å². The van der Waals surface area contributed by atoms with E-state index >= 15 is 0 Å². The summed E-state index contributed by atoms with van der Waals surface area (Å²) in [4.78, 5) is 0. The van der Waals surface area contributed by atoms with Crippen molar-refractivity contribution >= 4 is 15.9 Å². The third-order valence-electron chi connectivity index (χ3n) is 2.38. The molecule has 0 aliphatic carbocycles. The van der Waals surface area contributed by atoms with Crippen LogP contribution in [-0.4, -0.2) is 0 Å². The fraction of sp³-hybridized carbons (Fsp3) is 0.143. The summed E-state index contributed by atoms with van der Waals surface area (Å²) in [6.07, 6.45) is 0. The van der Waals surface area contributed by atoms with Crippen molar-refractivity contribution in [2.45, 2.75) is 13.5 Å². The lowest BCUT2D eigenvalue weighted by Crippen LogP contribution is -1.96. The van der Waals surface area contributed by atoms with Crippen LogP contribution in [0.3, 0.4) is 0 Å². The minimum absolute atomic E-state index is 0.284. The predicted molar refractivity (Wildman–Crippen MR) is 69.6 cm³/mol. The lowest BCUT2D eigenvalue weighted by Gasteiger charge is -2.07. The molecule has 0 N–H and O–H groups in total. The van der Waals surface area contributed by atoms with E-state index in [1.54, 1.807) is 12.1 Å². The average Bonchev–Trinajstić information content (AvgIpc) is 2.31. The highest BCUT2D eigenvalue weighted by Gasteiger charge is 2.01. The number of halogens is 2. The number of aryl methyl sites for hydroxylation is 1. The first kappa shape index (κ1) is 12.1. The molecule has 0 aromatic heterocycles. The molecule has 88 valence electrons. The Kier molecular flexibility index (Phi) is 3.79. The van der Waals surface area contributed by atoms with Crippen molar-refractivity contribution in [2.75, 3.05) is 0 Å². The van der Waals surface area contributed by atoms with Gasteiger partial charge in [0, 0.05) is 0 Å². The van der Waals surface area contributed by atoms with Gasteiger partial charge in [0.15, 0.2) is 0 Å². The van der Waals surface area contributed by atoms with Crippen molar-refractivity contribution in [3.8, 4) is 5.75 Å². The molecule has 2 rings (SSSR count). The SMILES string of the molecule is Cc1cccc(COc2ccc(F)c(Br)c2)c1. The van der Waals surface area contributed by atoms with E-state index in [1.807, 2.05) is 25.1 Å². The summed E-state index contributed by atoms with van der Waals surface area (Å²) in [6, 6.07) is 12.7. The minimum atomic E-state index is -0.284. The van der Waals surface area contributed by atoms with Gasteiger partial charge in [-0.15, -0.1) is 0 Å². The molecule has 0 saturated carbocycles. The van der Waals surface area contributed by atoms with Gasteiger partial charge in [0.1, 0.15) is 18.2 Å². The van der Waals surface area contributed by atoms with E-state index in [-0.39, 0.29) is 5.82 Å². The van der Waals surface area contributed by atoms with E-state index in [2.05, 4.69) is 22.0 Å². The smallest absolute Gasteiger partial charge is 0.137 e. The third kappa shape index (κ3) is 3.30. The zero-order valence-electron chi connectivity index (χ0n) is 9.41. The molecule has 2 aromatic carbocycles. The highest BCUT2D eigenvalue weighted by atomic mass is 79.9. The van der Waals surface area contributed by atoms with Gasteiger partial charge >= 0.3 is 0 Å². The van der Waals surface area contributed by atoms with Gasteiger partial charge in [0.25, 0.3) is 0 Å². The molecule has 0 heterocycles. The largest absolute Gasteiger partial charge is 0.489 e. The highest BCUT2D eigenvalue weighted by molar-refractivity contribution is 9.10. The van der Waals surface area contributed by atoms with Gasteiger partial charge in [-0.2, -0.15) is 0 Å². The standard InChI is InChI=1S/C14H12BrFO/c1-10-3-2-4-11(7-10)9-17-12-5-6-14(16)13(15)8-12/h2-8H,9H2,1H3. The van der Waals surface area contributed by atoms with Gasteiger partial charge in [-0.25, -0.2) is 4.39 Å². The fourth-order valence-electron chi connectivity index (χ4n) is 1.54. The van der Waals surface area contributed by atoms with Crippen LogP contribution in [0.1, 0.15) is 11.1 Å². The Labute approximate surface area is 108 Å². The van der Waals surface area contributed by atoms with Gasteiger partial charge in [-0.1, -0.05) is 29.8 Å². The predicted octanol–water partition coefficient (Wildman–Crippen LogP) is 4.48. The molecule has 0 unspecified atom stereocenters. The molecule has 1 nitrogen and oxygen atoms in total. The topological polar surface area (TPSA) is 9.23 Å². The maximum atomic E-state index is 13.0. The van der Waals surface area contributed by atoms with Crippen LogP contribution in [0.25, 0.3) is 0 Å². The van der Waals surface area contributed by atoms with Crippen molar-refractivity contribution in [3.63, 3.8) is 0 Å². The quantitative estimate of drug-likeness (QED) is 0.811. The van der Waals surface area contributed by atoms with Crippen LogP contribution in [0, 0.1) is 12.7 Å². The number of benzene rings is 2. The van der Waals surface area contributed by atoms with E-state index in [1.165, 1.54) is 11.6 Å². The Balaban J connectivity index is 2.05. The summed E-state index contributed by atoms with van der Waals surface area (Å²) < 4.78 is 19.0. The van der Waals surface area contributed by atoms with Crippen LogP contribution in [0.4, 0.5) is 4.39 Å². The molecular weight excluding hydrogens is 283 g/mol. The summed E-state index contributed by atoms with van der Waals surface area (Å²) in [5.74, 6) is 0.368. The van der Waals surface area contributed by atoms with Crippen molar-refractivity contribution in [2.24, 2.45) is 0 Å². The van der Waals surface area contributed by atoms with Crippen LogP contribution in [0.15, 0.2) is 46.9 Å². The minimum Gasteiger partial charge on any atom is -0.489 e. The molecule has 2 aromatic rings. The zero-order chi connectivity index (χ0) is 12.3. The summed E-state index contributed by atoms with van der Waals surface area (Å²) >= 11 is 3.13. The van der Waals surface area contributed by atoms with Crippen LogP contribution in [0.5, 0.6) is 5.75 Å². The van der Waals surface area contributed by atoms with Gasteiger partial charge in [-0.05, 0) is 46.6 Å². The molecule has 0 atom stereocenters. The maximum absolute atomic E-state index is 13.0. The second-order valence-electron chi connectivity index (χ2n) is 3.85. The summed E-state index contributed by atoms with van der Waals surface area (Å²) in [5.41, 5.74) is 2.30. The van der Waals surface area contributed by atoms with Crippen LogP contribution in [-0.2, 0) is 6.61 Å². The second kappa shape index (κ2) is 5.32. The first-order valence-electron chi connectivity index (χ1n) is 5.28. The Morgan fingerprint density at radius 1 is 1.18 bits per heavy atom. The van der Waals surface area contributed by atoms with Crippen LogP contribution in [0.2, 0.25) is 0 Å². The molecule has 0 spiro atoms. The van der Waals surface area contributed by atoms with E-state index in [0.717, 1.165) is 5.56 Å². The number of hydrogen-bond acceptors (Lipinski definition) is 1. The van der Waals surface area contributed by atoms with E-state index in [9.17, 15) is 4.39 Å². The first-order chi connectivity index (χ1) is 8.15. The summed E-state index contributed by atoms with van der Waals surface area (Å²) in [6.45, 7) is 2.53. The summed E-state index contributed by atoms with van der Waals surface area (Å²) in [7, 11) is 0. The van der Waals surface area contributed by atoms with E-state index < -0.39 is 0 Å². The van der Waals surface area contributed by atoms with Gasteiger partial charge in [0.2, 0.25) is 0 Å². The monoisotopic (exact) mass is 294 g/mol. The van der Waals surface area contributed by atoms with E-state index in [0.29, 0.717) is 16.8 Å². The second-order valence-corrected chi connectivity index (χ2v) is 4.71. The molecular formula is C14H12BrFO. The third-order valence-corrected chi connectivity index (χ3v) is 2.99. The van der Waals surface area contributed by atoms with Gasteiger partial charge < -0.3 is 4.74 Å². The average molecular weight is 295 g/mol. The molecule has 0 aliphatic heterocycles. The highest BCUT2D eigenvalue weighted by Crippen LogP contribution is 2.22. The van der Waals surface area contributed by atoms with Crippen LogP contribution >= 0.6 is 15.9 Å². The maximum Gasteiger partial charge on any atom is 0.137 e. The number of rotatable bonds is 3. The lowest BCUT2D eigenvalue weighted by molar-refractivity contribution is 0.305. The molecule has 0 radical (unpaired) electrons. The van der Waals surface area contributed by atoms with Gasteiger partial charge in [-0.3, -0.25) is 0 Å². The summed E-state index contributed by atoms with van der Waals surface area (Å²) in [5, 5.41) is 0. The van der Waals surface area contributed by atoms with Crippen molar-refractivity contribution < 1.29 is 9.13 Å². The Morgan fingerprint density at radius 3 is 2.71 bits per heavy atom. The number of hydrogen-bond donors (Lipinski definition) is 0. The fourth-order valence-corrected chi connectivity index (χ4v) is 1.89. The Hall–Kier alpha value is -1.35. The molecule has 0 bridgehead atoms. The van der Waals surface area contributed by atoms with Crippen LogP contribution < -0.4 is 4.74 Å². The first-order valence-corrected chi connectivity index (χ1v) is 6.08. The Morgan fingerprint density at radius 2 is 2.00 bits per heavy atom. The van der Waals surface area contributed by atoms with Gasteiger partial charge in [0.05, 0.1) is 4.47 Å². The molecule has 0 amide bonds. The molecule has 3 heteroatoms. The van der Waals surface area contributed by atoms with Crippen molar-refractivity contribution in [3.05, 3.63) is 63.9 Å². The zero-order valence-corrected chi connectivity index (χ0v) is 11.0.